The minimum Gasteiger partial charge on any atom is -0.321 e. The van der Waals surface area contributed by atoms with Gasteiger partial charge < -0.3 is 5.32 Å². The molecule has 0 saturated heterocycles. The molecule has 3 aromatic rings. The molecule has 116 valence electrons. The number of benzene rings is 1. The van der Waals surface area contributed by atoms with Gasteiger partial charge in [-0.25, -0.2) is 9.78 Å². The maximum absolute atomic E-state index is 12.1. The average molecular weight is 375 g/mol. The highest BCUT2D eigenvalue weighted by Gasteiger charge is 2.08. The first-order valence-electron chi connectivity index (χ1n) is 6.67. The molecule has 1 aromatic carbocycles. The van der Waals surface area contributed by atoms with Crippen LogP contribution in [0.2, 0.25) is 0 Å². The van der Waals surface area contributed by atoms with Crippen molar-refractivity contribution in [1.29, 1.82) is 0 Å². The molecule has 0 saturated carbocycles. The molecule has 1 amide bonds. The van der Waals surface area contributed by atoms with Crippen LogP contribution in [0.4, 0.5) is 5.69 Å². The number of pyridine rings is 1. The van der Waals surface area contributed by atoms with E-state index in [0.717, 1.165) is 10.0 Å². The molecule has 7 nitrogen and oxygen atoms in total. The number of amides is 1. The molecule has 0 radical (unpaired) electrons. The van der Waals surface area contributed by atoms with Crippen LogP contribution in [0.25, 0.3) is 0 Å². The molecule has 0 spiro atoms. The summed E-state index contributed by atoms with van der Waals surface area (Å²) < 4.78 is 5.26. The zero-order valence-electron chi connectivity index (χ0n) is 11.7. The van der Waals surface area contributed by atoms with Crippen LogP contribution in [0.1, 0.15) is 21.9 Å². The van der Waals surface area contributed by atoms with Crippen LogP contribution >= 0.6 is 15.9 Å². The highest BCUT2D eigenvalue weighted by atomic mass is 79.9. The monoisotopic (exact) mass is 374 g/mol. The van der Waals surface area contributed by atoms with Crippen LogP contribution in [-0.4, -0.2) is 21.0 Å². The Bertz CT molecular complexity index is 886. The van der Waals surface area contributed by atoms with E-state index in [4.69, 9.17) is 0 Å². The Morgan fingerprint density at radius 1 is 1.30 bits per heavy atom. The van der Waals surface area contributed by atoms with Crippen molar-refractivity contribution in [3.8, 4) is 0 Å². The number of aromatic nitrogens is 3. The molecular weight excluding hydrogens is 364 g/mol. The number of nitrogens with zero attached hydrogens (tertiary/aromatic N) is 2. The fourth-order valence-electron chi connectivity index (χ4n) is 1.99. The number of rotatable bonds is 4. The Kier molecular flexibility index (Phi) is 4.33. The molecule has 0 aliphatic heterocycles. The molecule has 0 bridgehead atoms. The number of hydrogen-bond acceptors (Lipinski definition) is 5. The molecule has 0 aliphatic rings. The standard InChI is InChI=1S/C15H11BrN4O3/c16-10-4-5-12(17-8-10)14(21)18-11-3-1-2-9(6-11)7-13-19-15(22)23-20-13/h1-6,8H,7H2,(H,18,21)(H,19,20,22). The molecule has 23 heavy (non-hydrogen) atoms. The van der Waals surface area contributed by atoms with E-state index in [1.807, 2.05) is 6.07 Å². The highest BCUT2D eigenvalue weighted by Crippen LogP contribution is 2.14. The lowest BCUT2D eigenvalue weighted by Crippen LogP contribution is -2.13. The second-order valence-electron chi connectivity index (χ2n) is 4.73. The summed E-state index contributed by atoms with van der Waals surface area (Å²) in [5, 5.41) is 6.39. The summed E-state index contributed by atoms with van der Waals surface area (Å²) in [5.74, 6) is -0.469. The van der Waals surface area contributed by atoms with Gasteiger partial charge in [0.1, 0.15) is 5.69 Å². The van der Waals surface area contributed by atoms with E-state index >= 15 is 0 Å². The maximum atomic E-state index is 12.1. The fraction of sp³-hybridized carbons (Fsp3) is 0.0667. The Morgan fingerprint density at radius 3 is 2.87 bits per heavy atom. The van der Waals surface area contributed by atoms with Crippen LogP contribution < -0.4 is 11.1 Å². The Hall–Kier alpha value is -2.74. The molecule has 0 aliphatic carbocycles. The molecule has 2 aromatic heterocycles. The van der Waals surface area contributed by atoms with E-state index in [9.17, 15) is 9.59 Å². The average Bonchev–Trinajstić information content (AvgIpc) is 2.93. The molecular formula is C15H11BrN4O3. The van der Waals surface area contributed by atoms with Crippen molar-refractivity contribution >= 4 is 27.5 Å². The Balaban J connectivity index is 1.73. The van der Waals surface area contributed by atoms with Crippen molar-refractivity contribution in [3.05, 3.63) is 74.7 Å². The van der Waals surface area contributed by atoms with Crippen molar-refractivity contribution in [1.82, 2.24) is 15.1 Å². The summed E-state index contributed by atoms with van der Waals surface area (Å²) in [7, 11) is 0. The Morgan fingerprint density at radius 2 is 2.17 bits per heavy atom. The number of halogens is 1. The molecule has 0 unspecified atom stereocenters. The van der Waals surface area contributed by atoms with Crippen molar-refractivity contribution < 1.29 is 9.32 Å². The largest absolute Gasteiger partial charge is 0.438 e. The number of hydrogen-bond donors (Lipinski definition) is 2. The van der Waals surface area contributed by atoms with Crippen molar-refractivity contribution in [2.45, 2.75) is 6.42 Å². The summed E-state index contributed by atoms with van der Waals surface area (Å²) in [4.78, 5) is 29.6. The van der Waals surface area contributed by atoms with Gasteiger partial charge in [0, 0.05) is 22.8 Å². The molecule has 0 atom stereocenters. The molecule has 2 heterocycles. The van der Waals surface area contributed by atoms with Gasteiger partial charge in [-0.1, -0.05) is 17.3 Å². The summed E-state index contributed by atoms with van der Waals surface area (Å²) in [5.41, 5.74) is 1.82. The fourth-order valence-corrected chi connectivity index (χ4v) is 2.23. The molecule has 3 rings (SSSR count). The third kappa shape index (κ3) is 3.92. The Labute approximate surface area is 138 Å². The summed E-state index contributed by atoms with van der Waals surface area (Å²) in [6.07, 6.45) is 1.96. The lowest BCUT2D eigenvalue weighted by atomic mass is 10.1. The number of aromatic amines is 1. The smallest absolute Gasteiger partial charge is 0.321 e. The van der Waals surface area contributed by atoms with Crippen molar-refractivity contribution in [2.24, 2.45) is 0 Å². The lowest BCUT2D eigenvalue weighted by molar-refractivity contribution is 0.102. The predicted molar refractivity (Wildman–Crippen MR) is 86.3 cm³/mol. The van der Waals surface area contributed by atoms with Gasteiger partial charge >= 0.3 is 5.76 Å². The molecule has 8 heteroatoms. The summed E-state index contributed by atoms with van der Waals surface area (Å²) in [6, 6.07) is 10.6. The first kappa shape index (κ1) is 15.2. The highest BCUT2D eigenvalue weighted by molar-refractivity contribution is 9.10. The summed E-state index contributed by atoms with van der Waals surface area (Å²) in [6.45, 7) is 0. The van der Waals surface area contributed by atoms with E-state index in [2.05, 4.69) is 40.9 Å². The molecule has 0 fully saturated rings. The number of carbonyl (C=O) groups excluding carboxylic acids is 1. The van der Waals surface area contributed by atoms with Crippen LogP contribution in [0.5, 0.6) is 0 Å². The maximum Gasteiger partial charge on any atom is 0.438 e. The number of carbonyl (C=O) groups is 1. The predicted octanol–water partition coefficient (Wildman–Crippen LogP) is 2.36. The topological polar surface area (TPSA) is 101 Å². The SMILES string of the molecule is O=C(Nc1cccc(Cc2noc(=O)[nH]2)c1)c1ccc(Br)cn1. The number of nitrogens with one attached hydrogen (secondary N) is 2. The van der Waals surface area contributed by atoms with Crippen LogP contribution in [0.15, 0.2) is 56.4 Å². The van der Waals surface area contributed by atoms with Crippen LogP contribution in [0, 0.1) is 0 Å². The lowest BCUT2D eigenvalue weighted by Gasteiger charge is -2.06. The van der Waals surface area contributed by atoms with Gasteiger partial charge in [-0.15, -0.1) is 0 Å². The normalized spacial score (nSPS) is 10.5. The van der Waals surface area contributed by atoms with E-state index in [0.29, 0.717) is 23.6 Å². The quantitative estimate of drug-likeness (QED) is 0.729. The zero-order chi connectivity index (χ0) is 16.2. The van der Waals surface area contributed by atoms with Gasteiger partial charge in [-0.05, 0) is 45.8 Å². The van der Waals surface area contributed by atoms with Gasteiger partial charge in [0.05, 0.1) is 0 Å². The minimum atomic E-state index is -0.592. The van der Waals surface area contributed by atoms with E-state index in [1.165, 1.54) is 0 Å². The van der Waals surface area contributed by atoms with Gasteiger partial charge in [0.15, 0.2) is 5.82 Å². The third-order valence-electron chi connectivity index (χ3n) is 3.00. The third-order valence-corrected chi connectivity index (χ3v) is 3.47. The van der Waals surface area contributed by atoms with Crippen molar-refractivity contribution in [2.75, 3.05) is 5.32 Å². The number of anilines is 1. The summed E-state index contributed by atoms with van der Waals surface area (Å²) >= 11 is 3.27. The van der Waals surface area contributed by atoms with Crippen LogP contribution in [0.3, 0.4) is 0 Å². The van der Waals surface area contributed by atoms with E-state index in [-0.39, 0.29) is 5.91 Å². The second kappa shape index (κ2) is 6.57. The van der Waals surface area contributed by atoms with Gasteiger partial charge in [0.2, 0.25) is 0 Å². The first-order valence-corrected chi connectivity index (χ1v) is 7.46. The second-order valence-corrected chi connectivity index (χ2v) is 5.65. The zero-order valence-corrected chi connectivity index (χ0v) is 13.3. The van der Waals surface area contributed by atoms with Crippen LogP contribution in [-0.2, 0) is 6.42 Å². The van der Waals surface area contributed by atoms with Gasteiger partial charge in [-0.3, -0.25) is 14.3 Å². The van der Waals surface area contributed by atoms with Gasteiger partial charge in [0.25, 0.3) is 5.91 Å². The minimum absolute atomic E-state index is 0.301. The van der Waals surface area contributed by atoms with Gasteiger partial charge in [-0.2, -0.15) is 0 Å². The molecule has 2 N–H and O–H groups in total. The first-order chi connectivity index (χ1) is 11.1. The van der Waals surface area contributed by atoms with Crippen molar-refractivity contribution in [3.63, 3.8) is 0 Å². The van der Waals surface area contributed by atoms with E-state index in [1.54, 1.807) is 36.5 Å². The van der Waals surface area contributed by atoms with E-state index < -0.39 is 5.76 Å². The number of H-pyrrole nitrogens is 1.